The zero-order valence-corrected chi connectivity index (χ0v) is 20.3. The molecule has 33 heavy (non-hydrogen) atoms. The number of anilines is 1. The third kappa shape index (κ3) is 5.05. The number of nitrogens with zero attached hydrogens (tertiary/aromatic N) is 3. The second-order valence-corrected chi connectivity index (χ2v) is 9.00. The summed E-state index contributed by atoms with van der Waals surface area (Å²) in [4.78, 5) is 40.8. The smallest absolute Gasteiger partial charge is 0.358 e. The molecule has 0 bridgehead atoms. The first-order valence-corrected chi connectivity index (χ1v) is 11.7. The number of ether oxygens (including phenoxy) is 1. The molecule has 1 aliphatic heterocycles. The number of rotatable bonds is 9. The molecule has 0 saturated carbocycles. The highest BCUT2D eigenvalue weighted by molar-refractivity contribution is 6.31. The summed E-state index contributed by atoms with van der Waals surface area (Å²) in [5, 5.41) is 7.87. The Labute approximate surface area is 199 Å². The molecule has 1 aromatic heterocycles. The second kappa shape index (κ2) is 10.4. The van der Waals surface area contributed by atoms with E-state index < -0.39 is 17.4 Å². The lowest BCUT2D eigenvalue weighted by molar-refractivity contribution is -0.127. The van der Waals surface area contributed by atoms with Crippen molar-refractivity contribution in [2.24, 2.45) is 0 Å². The quantitative estimate of drug-likeness (QED) is 0.549. The molecule has 8 nitrogen and oxygen atoms in total. The van der Waals surface area contributed by atoms with Gasteiger partial charge in [0, 0.05) is 22.8 Å². The Morgan fingerprint density at radius 2 is 2.00 bits per heavy atom. The maximum Gasteiger partial charge on any atom is 0.358 e. The maximum absolute atomic E-state index is 13.7. The van der Waals surface area contributed by atoms with Gasteiger partial charge < -0.3 is 10.1 Å². The van der Waals surface area contributed by atoms with E-state index in [0.717, 1.165) is 32.1 Å². The first-order valence-electron chi connectivity index (χ1n) is 11.3. The lowest BCUT2D eigenvalue weighted by atomic mass is 9.92. The Hall–Kier alpha value is -2.87. The molecule has 2 amide bonds. The Kier molecular flexibility index (Phi) is 7.79. The molecule has 2 atom stereocenters. The number of fused-ring (bicyclic) bond motifs is 1. The molecule has 0 radical (unpaired) electrons. The van der Waals surface area contributed by atoms with E-state index in [9.17, 15) is 14.4 Å². The normalized spacial score (nSPS) is 18.6. The molecule has 1 N–H and O–H groups in total. The van der Waals surface area contributed by atoms with E-state index in [1.165, 1.54) is 22.8 Å². The van der Waals surface area contributed by atoms with Crippen molar-refractivity contribution in [3.63, 3.8) is 0 Å². The minimum atomic E-state index is -1.29. The number of hydrogen-bond acceptors (Lipinski definition) is 5. The van der Waals surface area contributed by atoms with Crippen LogP contribution in [-0.4, -0.2) is 46.3 Å². The highest BCUT2D eigenvalue weighted by Gasteiger charge is 2.49. The molecule has 178 valence electrons. The summed E-state index contributed by atoms with van der Waals surface area (Å²) < 4.78 is 6.17. The van der Waals surface area contributed by atoms with E-state index in [2.05, 4.69) is 24.3 Å². The molecule has 2 unspecified atom stereocenters. The minimum absolute atomic E-state index is 0.0141. The summed E-state index contributed by atoms with van der Waals surface area (Å²) in [5.41, 5.74) is -0.565. The van der Waals surface area contributed by atoms with Crippen LogP contribution in [0.5, 0.6) is 0 Å². The zero-order chi connectivity index (χ0) is 24.2. The number of carbonyl (C=O) groups is 3. The number of benzene rings is 1. The predicted octanol–water partition coefficient (Wildman–Crippen LogP) is 4.22. The van der Waals surface area contributed by atoms with Crippen LogP contribution in [-0.2, 0) is 16.1 Å². The van der Waals surface area contributed by atoms with Crippen molar-refractivity contribution >= 4 is 35.1 Å². The van der Waals surface area contributed by atoms with Gasteiger partial charge in [0.05, 0.1) is 13.7 Å². The molecule has 0 aliphatic carbocycles. The number of carbonyl (C=O) groups excluding carboxylic acids is 3. The third-order valence-electron chi connectivity index (χ3n) is 5.98. The lowest BCUT2D eigenvalue weighted by Gasteiger charge is -2.43. The summed E-state index contributed by atoms with van der Waals surface area (Å²) >= 11 is 6.21. The van der Waals surface area contributed by atoms with Gasteiger partial charge in [0.2, 0.25) is 5.91 Å². The largest absolute Gasteiger partial charge is 0.464 e. The number of methoxy groups -OCH3 is 1. The van der Waals surface area contributed by atoms with E-state index in [1.54, 1.807) is 31.2 Å². The van der Waals surface area contributed by atoms with Crippen molar-refractivity contribution in [2.45, 2.75) is 71.0 Å². The van der Waals surface area contributed by atoms with Crippen LogP contribution in [0, 0.1) is 0 Å². The van der Waals surface area contributed by atoms with Crippen LogP contribution in [0.25, 0.3) is 0 Å². The Morgan fingerprint density at radius 1 is 1.24 bits per heavy atom. The fourth-order valence-corrected chi connectivity index (χ4v) is 4.42. The van der Waals surface area contributed by atoms with Gasteiger partial charge in [0.1, 0.15) is 11.2 Å². The molecule has 2 heterocycles. The molecule has 1 aliphatic rings. The van der Waals surface area contributed by atoms with Crippen molar-refractivity contribution in [2.75, 3.05) is 12.0 Å². The monoisotopic (exact) mass is 474 g/mol. The van der Waals surface area contributed by atoms with E-state index in [-0.39, 0.29) is 29.9 Å². The maximum atomic E-state index is 13.7. The molecule has 2 aromatic rings. The second-order valence-electron chi connectivity index (χ2n) is 8.56. The van der Waals surface area contributed by atoms with Gasteiger partial charge in [0.15, 0.2) is 5.69 Å². The van der Waals surface area contributed by atoms with Gasteiger partial charge in [-0.15, -0.1) is 0 Å². The van der Waals surface area contributed by atoms with Crippen molar-refractivity contribution in [3.8, 4) is 0 Å². The van der Waals surface area contributed by atoms with E-state index in [0.29, 0.717) is 10.7 Å². The number of unbranched alkanes of at least 4 members (excludes halogenated alkanes) is 1. The summed E-state index contributed by atoms with van der Waals surface area (Å²) in [7, 11) is 1.25. The van der Waals surface area contributed by atoms with Crippen molar-refractivity contribution < 1.29 is 19.1 Å². The fraction of sp³-hybridized carbons (Fsp3) is 0.500. The van der Waals surface area contributed by atoms with E-state index >= 15 is 0 Å². The van der Waals surface area contributed by atoms with Gasteiger partial charge in [-0.3, -0.25) is 19.2 Å². The van der Waals surface area contributed by atoms with Crippen molar-refractivity contribution in [1.82, 2.24) is 15.1 Å². The van der Waals surface area contributed by atoms with Crippen LogP contribution >= 0.6 is 11.6 Å². The summed E-state index contributed by atoms with van der Waals surface area (Å²) in [6.45, 7) is 5.99. The minimum Gasteiger partial charge on any atom is -0.464 e. The van der Waals surface area contributed by atoms with Crippen LogP contribution in [0.15, 0.2) is 30.3 Å². The van der Waals surface area contributed by atoms with Gasteiger partial charge in [-0.05, 0) is 38.0 Å². The van der Waals surface area contributed by atoms with E-state index in [4.69, 9.17) is 16.3 Å². The number of amides is 2. The predicted molar refractivity (Wildman–Crippen MR) is 127 cm³/mol. The first-order chi connectivity index (χ1) is 15.7. The zero-order valence-electron chi connectivity index (χ0n) is 19.6. The van der Waals surface area contributed by atoms with Gasteiger partial charge in [0.25, 0.3) is 5.91 Å². The SMILES string of the molecule is CCCCC(CCC)NC(=O)C1(C)Cn2nc(C(=O)OC)cc2C(=O)N1c1cccc(Cl)c1. The highest BCUT2D eigenvalue weighted by atomic mass is 35.5. The fourth-order valence-electron chi connectivity index (χ4n) is 4.23. The van der Waals surface area contributed by atoms with Gasteiger partial charge in [-0.1, -0.05) is 50.8 Å². The van der Waals surface area contributed by atoms with Crippen LogP contribution in [0.1, 0.15) is 73.9 Å². The van der Waals surface area contributed by atoms with Crippen LogP contribution in [0.2, 0.25) is 5.02 Å². The highest BCUT2D eigenvalue weighted by Crippen LogP contribution is 2.34. The molecule has 0 spiro atoms. The molecule has 1 aromatic carbocycles. The summed E-state index contributed by atoms with van der Waals surface area (Å²) in [6.07, 6.45) is 4.70. The average Bonchev–Trinajstić information content (AvgIpc) is 3.21. The van der Waals surface area contributed by atoms with Crippen LogP contribution < -0.4 is 10.2 Å². The molecule has 0 fully saturated rings. The molecule has 0 saturated heterocycles. The van der Waals surface area contributed by atoms with Gasteiger partial charge >= 0.3 is 5.97 Å². The third-order valence-corrected chi connectivity index (χ3v) is 6.22. The number of esters is 1. The number of nitrogens with one attached hydrogen (secondary N) is 1. The topological polar surface area (TPSA) is 93.5 Å². The van der Waals surface area contributed by atoms with Crippen molar-refractivity contribution in [1.29, 1.82) is 0 Å². The van der Waals surface area contributed by atoms with Crippen molar-refractivity contribution in [3.05, 3.63) is 46.7 Å². The Morgan fingerprint density at radius 3 is 2.64 bits per heavy atom. The standard InChI is InChI=1S/C24H31ClN4O4/c1-5-7-11-17(9-6-2)26-23(32)24(3)15-28-20(14-19(27-28)22(31)33-4)21(30)29(24)18-12-8-10-16(25)13-18/h8,10,12-14,17H,5-7,9,11,15H2,1-4H3,(H,26,32). The number of aromatic nitrogens is 2. The van der Waals surface area contributed by atoms with Gasteiger partial charge in [-0.2, -0.15) is 5.10 Å². The van der Waals surface area contributed by atoms with E-state index in [1.807, 2.05) is 0 Å². The number of halogens is 1. The average molecular weight is 475 g/mol. The molecular formula is C24H31ClN4O4. The lowest BCUT2D eigenvalue weighted by Crippen LogP contribution is -2.65. The Bertz CT molecular complexity index is 1040. The van der Waals surface area contributed by atoms with Crippen LogP contribution in [0.4, 0.5) is 5.69 Å². The summed E-state index contributed by atoms with van der Waals surface area (Å²) in [6, 6.07) is 8.24. The first kappa shape index (κ1) is 24.8. The van der Waals surface area contributed by atoms with Gasteiger partial charge in [-0.25, -0.2) is 4.79 Å². The van der Waals surface area contributed by atoms with Crippen LogP contribution in [0.3, 0.4) is 0 Å². The Balaban J connectivity index is 2.05. The molecule has 3 rings (SSSR count). The summed E-state index contributed by atoms with van der Waals surface area (Å²) in [5.74, 6) is -1.36. The number of hydrogen-bond donors (Lipinski definition) is 1. The molecule has 9 heteroatoms. The molecular weight excluding hydrogens is 444 g/mol.